The molecule has 0 saturated heterocycles. The Labute approximate surface area is 199 Å². The summed E-state index contributed by atoms with van der Waals surface area (Å²) in [5.74, 6) is -0.484. The van der Waals surface area contributed by atoms with E-state index in [1.54, 1.807) is 49.3 Å². The lowest BCUT2D eigenvalue weighted by atomic mass is 10.1. The van der Waals surface area contributed by atoms with Crippen molar-refractivity contribution in [1.29, 1.82) is 5.41 Å². The Morgan fingerprint density at radius 3 is 2.19 bits per heavy atom. The number of nitrogens with one attached hydrogen (secondary N) is 3. The van der Waals surface area contributed by atoms with Crippen LogP contribution < -0.4 is 10.6 Å². The molecule has 0 aliphatic heterocycles. The maximum absolute atomic E-state index is 12.9. The number of amidine groups is 1. The Kier molecular flexibility index (Phi) is 7.35. The molecule has 1 aromatic heterocycles. The average molecular weight is 491 g/mol. The molecule has 32 heavy (non-hydrogen) atoms. The van der Waals surface area contributed by atoms with E-state index in [1.165, 1.54) is 24.4 Å². The van der Waals surface area contributed by atoms with E-state index in [9.17, 15) is 9.59 Å². The van der Waals surface area contributed by atoms with Gasteiger partial charge in [0.25, 0.3) is 11.8 Å². The van der Waals surface area contributed by atoms with Gasteiger partial charge in [-0.2, -0.15) is 0 Å². The van der Waals surface area contributed by atoms with Crippen LogP contribution in [0, 0.1) is 5.41 Å². The number of aromatic nitrogens is 1. The summed E-state index contributed by atoms with van der Waals surface area (Å²) >= 11 is 18.2. The molecule has 0 spiro atoms. The molecule has 0 bridgehead atoms. The van der Waals surface area contributed by atoms with E-state index in [0.29, 0.717) is 21.4 Å². The molecule has 0 fully saturated rings. The number of halogens is 3. The molecule has 0 aliphatic rings. The van der Waals surface area contributed by atoms with Gasteiger partial charge in [0, 0.05) is 30.9 Å². The third-order valence-electron chi connectivity index (χ3n) is 4.38. The molecule has 0 aliphatic carbocycles. The van der Waals surface area contributed by atoms with Crippen molar-refractivity contribution in [3.8, 4) is 0 Å². The molecule has 3 aromatic rings. The van der Waals surface area contributed by atoms with Crippen LogP contribution in [0.15, 0.2) is 54.7 Å². The van der Waals surface area contributed by atoms with Crippen LogP contribution in [0.4, 0.5) is 11.5 Å². The van der Waals surface area contributed by atoms with E-state index in [4.69, 9.17) is 40.2 Å². The van der Waals surface area contributed by atoms with Crippen LogP contribution in [0.1, 0.15) is 26.3 Å². The number of hydrogen-bond acceptors (Lipinski definition) is 4. The fourth-order valence-electron chi connectivity index (χ4n) is 2.74. The third kappa shape index (κ3) is 5.56. The lowest BCUT2D eigenvalue weighted by Gasteiger charge is -2.15. The molecule has 2 aromatic carbocycles. The van der Waals surface area contributed by atoms with Gasteiger partial charge in [-0.15, -0.1) is 0 Å². The van der Waals surface area contributed by atoms with Gasteiger partial charge in [0.05, 0.1) is 26.9 Å². The minimum Gasteiger partial charge on any atom is -0.363 e. The number of nitrogens with zero attached hydrogens (tertiary/aromatic N) is 2. The van der Waals surface area contributed by atoms with Crippen LogP contribution in [0.3, 0.4) is 0 Å². The monoisotopic (exact) mass is 489 g/mol. The minimum atomic E-state index is -0.515. The van der Waals surface area contributed by atoms with Crippen molar-refractivity contribution >= 4 is 64.0 Å². The first-order valence-electron chi connectivity index (χ1n) is 9.25. The molecule has 1 heterocycles. The van der Waals surface area contributed by atoms with Gasteiger partial charge < -0.3 is 15.5 Å². The average Bonchev–Trinajstić information content (AvgIpc) is 2.75. The highest BCUT2D eigenvalue weighted by molar-refractivity contribution is 6.35. The van der Waals surface area contributed by atoms with Crippen molar-refractivity contribution < 1.29 is 9.59 Å². The largest absolute Gasteiger partial charge is 0.363 e. The van der Waals surface area contributed by atoms with Crippen LogP contribution in [0.2, 0.25) is 15.1 Å². The summed E-state index contributed by atoms with van der Waals surface area (Å²) in [7, 11) is 3.48. The van der Waals surface area contributed by atoms with Crippen molar-refractivity contribution in [1.82, 2.24) is 9.88 Å². The Balaban J connectivity index is 1.84. The zero-order valence-electron chi connectivity index (χ0n) is 17.0. The van der Waals surface area contributed by atoms with E-state index in [1.807, 2.05) is 0 Å². The van der Waals surface area contributed by atoms with Crippen LogP contribution in [0.5, 0.6) is 0 Å². The second-order valence-electron chi connectivity index (χ2n) is 6.90. The maximum Gasteiger partial charge on any atom is 0.258 e. The van der Waals surface area contributed by atoms with Gasteiger partial charge in [-0.05, 0) is 42.5 Å². The van der Waals surface area contributed by atoms with E-state index in [2.05, 4.69) is 15.6 Å². The number of rotatable bonds is 5. The summed E-state index contributed by atoms with van der Waals surface area (Å²) in [5.41, 5.74) is 1.15. The fourth-order valence-corrected chi connectivity index (χ4v) is 3.29. The van der Waals surface area contributed by atoms with Crippen molar-refractivity contribution in [2.75, 3.05) is 24.7 Å². The normalized spacial score (nSPS) is 10.4. The second-order valence-corrected chi connectivity index (χ2v) is 8.18. The number of benzene rings is 2. The fraction of sp³-hybridized carbons (Fsp3) is 0.0909. The van der Waals surface area contributed by atoms with Crippen LogP contribution >= 0.6 is 34.8 Å². The number of carbonyl (C=O) groups excluding carboxylic acids is 2. The Hall–Kier alpha value is -3.13. The number of carbonyl (C=O) groups is 2. The summed E-state index contributed by atoms with van der Waals surface area (Å²) in [5, 5.41) is 14.3. The molecule has 0 saturated carbocycles. The van der Waals surface area contributed by atoms with E-state index >= 15 is 0 Å². The molecule has 0 atom stereocenters. The lowest BCUT2D eigenvalue weighted by Crippen LogP contribution is -2.22. The van der Waals surface area contributed by atoms with Crippen LogP contribution in [-0.4, -0.2) is 41.6 Å². The zero-order chi connectivity index (χ0) is 23.4. The van der Waals surface area contributed by atoms with Gasteiger partial charge in [-0.1, -0.05) is 40.9 Å². The van der Waals surface area contributed by atoms with Gasteiger partial charge in [-0.25, -0.2) is 4.98 Å². The first-order valence-corrected chi connectivity index (χ1v) is 10.4. The van der Waals surface area contributed by atoms with Gasteiger partial charge in [-0.3, -0.25) is 15.0 Å². The van der Waals surface area contributed by atoms with E-state index < -0.39 is 11.8 Å². The second kappa shape index (κ2) is 9.99. The van der Waals surface area contributed by atoms with Gasteiger partial charge in [0.15, 0.2) is 0 Å². The topological polar surface area (TPSA) is 98.2 Å². The lowest BCUT2D eigenvalue weighted by molar-refractivity contribution is 0.102. The quantitative estimate of drug-likeness (QED) is 0.328. The predicted molar refractivity (Wildman–Crippen MR) is 129 cm³/mol. The molecule has 7 nitrogen and oxygen atoms in total. The van der Waals surface area contributed by atoms with Gasteiger partial charge >= 0.3 is 0 Å². The molecule has 0 unspecified atom stereocenters. The molecule has 10 heteroatoms. The van der Waals surface area contributed by atoms with Crippen LogP contribution in [0.25, 0.3) is 0 Å². The van der Waals surface area contributed by atoms with Crippen LogP contribution in [-0.2, 0) is 0 Å². The number of amides is 2. The molecular formula is C22H18Cl3N5O2. The van der Waals surface area contributed by atoms with Crippen molar-refractivity contribution in [2.24, 2.45) is 0 Å². The highest BCUT2D eigenvalue weighted by Gasteiger charge is 2.18. The van der Waals surface area contributed by atoms with Crippen molar-refractivity contribution in [3.63, 3.8) is 0 Å². The summed E-state index contributed by atoms with van der Waals surface area (Å²) in [6.45, 7) is 0. The molecule has 3 rings (SSSR count). The van der Waals surface area contributed by atoms with Gasteiger partial charge in [0.2, 0.25) is 0 Å². The van der Waals surface area contributed by atoms with Crippen molar-refractivity contribution in [2.45, 2.75) is 0 Å². The Morgan fingerprint density at radius 1 is 0.875 bits per heavy atom. The molecule has 2 amide bonds. The summed E-state index contributed by atoms with van der Waals surface area (Å²) in [6.07, 6.45) is 1.40. The summed E-state index contributed by atoms with van der Waals surface area (Å²) in [6, 6.07) is 12.4. The Morgan fingerprint density at radius 2 is 1.56 bits per heavy atom. The highest BCUT2D eigenvalue weighted by atomic mass is 35.5. The summed E-state index contributed by atoms with van der Waals surface area (Å²) < 4.78 is 0. The Bertz CT molecular complexity index is 1200. The maximum atomic E-state index is 12.9. The van der Waals surface area contributed by atoms with Gasteiger partial charge in [0.1, 0.15) is 11.7 Å². The molecule has 164 valence electrons. The van der Waals surface area contributed by atoms with E-state index in [-0.39, 0.29) is 27.7 Å². The molecular weight excluding hydrogens is 473 g/mol. The number of hydrogen-bond donors (Lipinski definition) is 3. The molecule has 0 radical (unpaired) electrons. The predicted octanol–water partition coefficient (Wildman–Crippen LogP) is 5.43. The number of pyridine rings is 1. The standard InChI is InChI=1S/C22H18Cl3N5O2/c1-30(2)20(26)12-3-6-15(17(25)9-12)21(31)28-18-7-4-13(23)10-16(18)22(32)29-19-8-5-14(24)11-27-19/h3-11,26H,1-2H3,(H,28,31)(H,27,29,32). The smallest absolute Gasteiger partial charge is 0.258 e. The number of anilines is 2. The zero-order valence-corrected chi connectivity index (χ0v) is 19.3. The summed E-state index contributed by atoms with van der Waals surface area (Å²) in [4.78, 5) is 31.3. The first kappa shape index (κ1) is 23.5. The first-order chi connectivity index (χ1) is 15.2. The molecule has 3 N–H and O–H groups in total. The van der Waals surface area contributed by atoms with E-state index in [0.717, 1.165) is 0 Å². The third-order valence-corrected chi connectivity index (χ3v) is 5.15. The SMILES string of the molecule is CN(C)C(=N)c1ccc(C(=O)Nc2ccc(Cl)cc2C(=O)Nc2ccc(Cl)cn2)c(Cl)c1. The highest BCUT2D eigenvalue weighted by Crippen LogP contribution is 2.25. The van der Waals surface area contributed by atoms with Crippen molar-refractivity contribution in [3.05, 3.63) is 86.5 Å². The minimum absolute atomic E-state index is 0.143.